The van der Waals surface area contributed by atoms with Gasteiger partial charge in [0.2, 0.25) is 0 Å². The normalized spacial score (nSPS) is 21.5. The van der Waals surface area contributed by atoms with E-state index in [-0.39, 0.29) is 19.6 Å². The minimum absolute atomic E-state index is 0.0361. The summed E-state index contributed by atoms with van der Waals surface area (Å²) in [5, 5.41) is 30.5. The Hall–Kier alpha value is -1.16. The van der Waals surface area contributed by atoms with Crippen molar-refractivity contribution >= 4 is 16.4 Å². The van der Waals surface area contributed by atoms with Crippen molar-refractivity contribution in [3.63, 3.8) is 0 Å². The molecule has 0 amide bonds. The van der Waals surface area contributed by atoms with Crippen LogP contribution in [0.1, 0.15) is 168 Å². The van der Waals surface area contributed by atoms with Gasteiger partial charge < -0.3 is 34.3 Å². The number of unbranched alkanes of at least 4 members (excludes halogenated alkanes) is 20. The molecule has 0 radical (unpaired) electrons. The number of carbonyl (C=O) groups excluding carboxylic acids is 1. The summed E-state index contributed by atoms with van der Waals surface area (Å²) in [7, 11) is -5.05. The van der Waals surface area contributed by atoms with Crippen LogP contribution in [0.4, 0.5) is 0 Å². The summed E-state index contributed by atoms with van der Waals surface area (Å²) >= 11 is 0. The minimum Gasteiger partial charge on any atom is -0.457 e. The van der Waals surface area contributed by atoms with E-state index < -0.39 is 59.8 Å². The van der Waals surface area contributed by atoms with Crippen LogP contribution in [0.25, 0.3) is 0 Å². The molecule has 0 aromatic carbocycles. The molecule has 12 nitrogen and oxygen atoms in total. The van der Waals surface area contributed by atoms with Crippen molar-refractivity contribution in [2.75, 3.05) is 26.4 Å². The number of aliphatic hydroxyl groups excluding tert-OH is 3. The van der Waals surface area contributed by atoms with E-state index in [1.165, 1.54) is 89.9 Å². The van der Waals surface area contributed by atoms with E-state index in [9.17, 15) is 28.5 Å². The van der Waals surface area contributed by atoms with E-state index in [1.807, 2.05) is 0 Å². The van der Waals surface area contributed by atoms with E-state index in [0.29, 0.717) is 13.0 Å². The first-order valence-corrected chi connectivity index (χ1v) is 21.8. The summed E-state index contributed by atoms with van der Waals surface area (Å²) in [6, 6.07) is 0. The molecule has 13 heteroatoms. The first kappa shape index (κ1) is 48.9. The summed E-state index contributed by atoms with van der Waals surface area (Å²) < 4.78 is 58.8. The summed E-state index contributed by atoms with van der Waals surface area (Å²) in [5.41, 5.74) is 0. The average molecular weight is 767 g/mol. The molecule has 0 saturated carbocycles. The molecular weight excluding hydrogens is 692 g/mol. The van der Waals surface area contributed by atoms with Crippen LogP contribution in [0, 0.1) is 0 Å². The SMILES string of the molecule is CCC/C=C\CCCCCCCCOCC(COC1OC(CO)C(O)C(OS(=O)(=O)O)C1O)OC(=O)CCCCCCCCCCCCCCCC. The molecule has 6 atom stereocenters. The number of hydrogen-bond donors (Lipinski definition) is 4. The fraction of sp³-hybridized carbons (Fsp3) is 0.923. The topological polar surface area (TPSA) is 178 Å². The highest BCUT2D eigenvalue weighted by Crippen LogP contribution is 2.26. The zero-order valence-corrected chi connectivity index (χ0v) is 33.2. The maximum atomic E-state index is 12.8. The summed E-state index contributed by atoms with van der Waals surface area (Å²) in [6.45, 7) is 3.92. The molecule has 0 aliphatic carbocycles. The van der Waals surface area contributed by atoms with Crippen LogP contribution in [-0.4, -0.2) is 97.5 Å². The molecule has 0 bridgehead atoms. The van der Waals surface area contributed by atoms with Crippen molar-refractivity contribution in [2.24, 2.45) is 0 Å². The number of ether oxygens (including phenoxy) is 4. The van der Waals surface area contributed by atoms with Crippen LogP contribution < -0.4 is 0 Å². The summed E-state index contributed by atoms with van der Waals surface area (Å²) in [6.07, 6.45) is 22.5. The van der Waals surface area contributed by atoms with Crippen LogP contribution in [-0.2, 0) is 38.3 Å². The smallest absolute Gasteiger partial charge is 0.397 e. The van der Waals surface area contributed by atoms with Gasteiger partial charge >= 0.3 is 16.4 Å². The van der Waals surface area contributed by atoms with Crippen LogP contribution in [0.2, 0.25) is 0 Å². The lowest BCUT2D eigenvalue weighted by Crippen LogP contribution is -2.60. The van der Waals surface area contributed by atoms with Crippen molar-refractivity contribution in [3.8, 4) is 0 Å². The number of carbonyl (C=O) groups is 1. The first-order chi connectivity index (χ1) is 25.1. The lowest BCUT2D eigenvalue weighted by molar-refractivity contribution is -0.301. The summed E-state index contributed by atoms with van der Waals surface area (Å²) in [5.74, 6) is -0.401. The van der Waals surface area contributed by atoms with Gasteiger partial charge in [0.25, 0.3) is 0 Å². The van der Waals surface area contributed by atoms with Gasteiger partial charge in [0, 0.05) is 13.0 Å². The number of rotatable bonds is 35. The third kappa shape index (κ3) is 25.8. The van der Waals surface area contributed by atoms with Gasteiger partial charge in [-0.25, -0.2) is 4.18 Å². The van der Waals surface area contributed by atoms with Crippen molar-refractivity contribution in [2.45, 2.75) is 205 Å². The number of hydrogen-bond acceptors (Lipinski definition) is 11. The van der Waals surface area contributed by atoms with Crippen LogP contribution >= 0.6 is 0 Å². The Morgan fingerprint density at radius 1 is 0.712 bits per heavy atom. The molecular formula is C39H74O12S. The molecule has 1 rings (SSSR count). The van der Waals surface area contributed by atoms with Gasteiger partial charge in [0.15, 0.2) is 6.29 Å². The Balaban J connectivity index is 2.48. The monoisotopic (exact) mass is 766 g/mol. The largest absolute Gasteiger partial charge is 0.457 e. The molecule has 1 aliphatic rings. The number of aliphatic hydroxyl groups is 3. The van der Waals surface area contributed by atoms with Crippen molar-refractivity contribution in [1.29, 1.82) is 0 Å². The Morgan fingerprint density at radius 3 is 1.81 bits per heavy atom. The predicted molar refractivity (Wildman–Crippen MR) is 202 cm³/mol. The molecule has 0 aromatic heterocycles. The molecule has 1 heterocycles. The Bertz CT molecular complexity index is 978. The molecule has 1 fully saturated rings. The van der Waals surface area contributed by atoms with Crippen molar-refractivity contribution < 1.29 is 56.2 Å². The van der Waals surface area contributed by atoms with E-state index >= 15 is 0 Å². The number of esters is 1. The van der Waals surface area contributed by atoms with E-state index in [1.54, 1.807) is 0 Å². The van der Waals surface area contributed by atoms with Crippen molar-refractivity contribution in [1.82, 2.24) is 0 Å². The van der Waals surface area contributed by atoms with Gasteiger partial charge in [0.05, 0.1) is 19.8 Å². The molecule has 308 valence electrons. The van der Waals surface area contributed by atoms with Crippen molar-refractivity contribution in [3.05, 3.63) is 12.2 Å². The highest BCUT2D eigenvalue weighted by atomic mass is 32.3. The maximum absolute atomic E-state index is 12.8. The zero-order chi connectivity index (χ0) is 38.3. The van der Waals surface area contributed by atoms with Gasteiger partial charge in [-0.2, -0.15) is 8.42 Å². The molecule has 6 unspecified atom stereocenters. The molecule has 1 aliphatic heterocycles. The van der Waals surface area contributed by atoms with E-state index in [2.05, 4.69) is 30.2 Å². The van der Waals surface area contributed by atoms with E-state index in [4.69, 9.17) is 23.5 Å². The molecule has 1 saturated heterocycles. The fourth-order valence-electron chi connectivity index (χ4n) is 6.26. The van der Waals surface area contributed by atoms with Gasteiger partial charge in [-0.1, -0.05) is 142 Å². The second kappa shape index (κ2) is 32.1. The third-order valence-electron chi connectivity index (χ3n) is 9.37. The first-order valence-electron chi connectivity index (χ1n) is 20.4. The van der Waals surface area contributed by atoms with Crippen LogP contribution in [0.3, 0.4) is 0 Å². The van der Waals surface area contributed by atoms with Gasteiger partial charge in [0.1, 0.15) is 30.5 Å². The molecule has 0 spiro atoms. The summed E-state index contributed by atoms with van der Waals surface area (Å²) in [4.78, 5) is 12.8. The standard InChI is InChI=1S/C39H74O12S/c1-3-5-7-9-11-13-15-16-17-18-20-22-24-26-28-35(41)49-33(31-47-29-27-25-23-21-19-14-12-10-8-6-4-2)32-48-39-37(43)38(51-52(44,45)46)36(42)34(30-40)50-39/h8,10,33-34,36-40,42-43H,3-7,9,11-32H2,1-2H3,(H,44,45,46)/b10-8-. The maximum Gasteiger partial charge on any atom is 0.397 e. The van der Waals surface area contributed by atoms with E-state index in [0.717, 1.165) is 51.4 Å². The second-order valence-corrected chi connectivity index (χ2v) is 15.3. The molecule has 52 heavy (non-hydrogen) atoms. The average Bonchev–Trinajstić information content (AvgIpc) is 3.11. The zero-order valence-electron chi connectivity index (χ0n) is 32.4. The quantitative estimate of drug-likeness (QED) is 0.0216. The van der Waals surface area contributed by atoms with Crippen LogP contribution in [0.15, 0.2) is 12.2 Å². The van der Waals surface area contributed by atoms with Gasteiger partial charge in [-0.15, -0.1) is 0 Å². The van der Waals surface area contributed by atoms with Gasteiger partial charge in [-0.05, 0) is 32.1 Å². The number of allylic oxidation sites excluding steroid dienone is 2. The Kier molecular flexibility index (Phi) is 30.2. The second-order valence-electron chi connectivity index (χ2n) is 14.2. The lowest BCUT2D eigenvalue weighted by atomic mass is 9.99. The van der Waals surface area contributed by atoms with Gasteiger partial charge in [-0.3, -0.25) is 9.35 Å². The highest BCUT2D eigenvalue weighted by molar-refractivity contribution is 7.80. The Labute approximate surface area is 315 Å². The lowest BCUT2D eigenvalue weighted by Gasteiger charge is -2.41. The third-order valence-corrected chi connectivity index (χ3v) is 9.83. The fourth-order valence-corrected chi connectivity index (χ4v) is 6.77. The highest BCUT2D eigenvalue weighted by Gasteiger charge is 2.48. The molecule has 4 N–H and O–H groups in total. The Morgan fingerprint density at radius 2 is 1.25 bits per heavy atom. The minimum atomic E-state index is -5.05. The van der Waals surface area contributed by atoms with Crippen LogP contribution in [0.5, 0.6) is 0 Å². The molecule has 0 aromatic rings. The predicted octanol–water partition coefficient (Wildman–Crippen LogP) is 7.52.